The lowest BCUT2D eigenvalue weighted by Gasteiger charge is -2.14. The van der Waals surface area contributed by atoms with Gasteiger partial charge < -0.3 is 9.84 Å². The molecule has 1 unspecified atom stereocenters. The summed E-state index contributed by atoms with van der Waals surface area (Å²) >= 11 is 3.49. The van der Waals surface area contributed by atoms with Gasteiger partial charge in [0.25, 0.3) is 0 Å². The lowest BCUT2D eigenvalue weighted by atomic mass is 10.1. The zero-order valence-corrected chi connectivity index (χ0v) is 12.5. The van der Waals surface area contributed by atoms with Crippen molar-refractivity contribution in [2.45, 2.75) is 26.9 Å². The summed E-state index contributed by atoms with van der Waals surface area (Å²) in [6.45, 7) is 5.39. The van der Waals surface area contributed by atoms with Crippen LogP contribution in [0.4, 0.5) is 0 Å². The Morgan fingerprint density at radius 3 is 2.74 bits per heavy atom. The number of hydrogen-bond acceptors (Lipinski definition) is 3. The van der Waals surface area contributed by atoms with Crippen LogP contribution in [-0.4, -0.2) is 22.2 Å². The Hall–Kier alpha value is -1.62. The number of nitrogens with zero attached hydrogens (tertiary/aromatic N) is 1. The molecule has 0 radical (unpaired) electrons. The molecule has 19 heavy (non-hydrogen) atoms. The van der Waals surface area contributed by atoms with Gasteiger partial charge in [-0.2, -0.15) is 0 Å². The Labute approximate surface area is 119 Å². The van der Waals surface area contributed by atoms with Crippen LogP contribution in [0.5, 0.6) is 5.75 Å². The molecule has 2 rings (SSSR count). The van der Waals surface area contributed by atoms with Crippen LogP contribution in [0, 0.1) is 13.8 Å². The van der Waals surface area contributed by atoms with E-state index in [-0.39, 0.29) is 0 Å². The molecular weight excluding hydrogens is 310 g/mol. The first-order valence-electron chi connectivity index (χ1n) is 5.86. The van der Waals surface area contributed by atoms with Gasteiger partial charge >= 0.3 is 5.97 Å². The third-order valence-corrected chi connectivity index (χ3v) is 3.51. The number of carbonyl (C=O) groups is 1. The number of carboxylic acids is 1. The molecule has 0 aliphatic heterocycles. The molecule has 1 aromatic heterocycles. The van der Waals surface area contributed by atoms with Gasteiger partial charge in [0.2, 0.25) is 0 Å². The molecule has 0 bridgehead atoms. The highest BCUT2D eigenvalue weighted by Gasteiger charge is 2.16. The molecule has 0 saturated heterocycles. The fourth-order valence-corrected chi connectivity index (χ4v) is 2.60. The molecule has 4 nitrogen and oxygen atoms in total. The maximum Gasteiger partial charge on any atom is 0.344 e. The molecule has 0 amide bonds. The number of benzene rings is 1. The molecule has 5 heteroatoms. The van der Waals surface area contributed by atoms with Crippen molar-refractivity contribution in [2.75, 3.05) is 0 Å². The lowest BCUT2D eigenvalue weighted by molar-refractivity contribution is -0.144. The normalized spacial score (nSPS) is 12.4. The second-order valence-electron chi connectivity index (χ2n) is 4.45. The minimum atomic E-state index is -1.000. The predicted molar refractivity (Wildman–Crippen MR) is 76.6 cm³/mol. The molecule has 0 aliphatic carbocycles. The van der Waals surface area contributed by atoms with Crippen molar-refractivity contribution in [3.05, 3.63) is 33.9 Å². The van der Waals surface area contributed by atoms with E-state index in [0.717, 1.165) is 21.1 Å². The van der Waals surface area contributed by atoms with Crippen LogP contribution in [0.25, 0.3) is 10.9 Å². The van der Waals surface area contributed by atoms with Crippen LogP contribution in [0.3, 0.4) is 0 Å². The number of rotatable bonds is 3. The summed E-state index contributed by atoms with van der Waals surface area (Å²) in [4.78, 5) is 15.3. The third-order valence-electron chi connectivity index (χ3n) is 2.85. The Morgan fingerprint density at radius 2 is 2.11 bits per heavy atom. The van der Waals surface area contributed by atoms with E-state index < -0.39 is 12.1 Å². The molecule has 0 spiro atoms. The van der Waals surface area contributed by atoms with E-state index >= 15 is 0 Å². The second-order valence-corrected chi connectivity index (χ2v) is 5.30. The van der Waals surface area contributed by atoms with Gasteiger partial charge in [-0.05, 0) is 44.5 Å². The summed E-state index contributed by atoms with van der Waals surface area (Å²) in [6.07, 6.45) is -0.910. The predicted octanol–water partition coefficient (Wildman–Crippen LogP) is 3.47. The zero-order valence-electron chi connectivity index (χ0n) is 10.9. The van der Waals surface area contributed by atoms with Crippen molar-refractivity contribution in [1.29, 1.82) is 0 Å². The number of aromatic nitrogens is 1. The van der Waals surface area contributed by atoms with Gasteiger partial charge in [0.15, 0.2) is 6.10 Å². The standard InChI is InChI=1S/C14H14BrNO3/c1-7-6-8(2)16-13-11(19-9(3)14(17)18)5-4-10(15)12(7)13/h4-6,9H,1-3H3,(H,17,18). The summed E-state index contributed by atoms with van der Waals surface area (Å²) in [5, 5.41) is 9.87. The maximum atomic E-state index is 10.9. The van der Waals surface area contributed by atoms with Gasteiger partial charge in [0.05, 0.1) is 0 Å². The van der Waals surface area contributed by atoms with E-state index in [1.165, 1.54) is 6.92 Å². The van der Waals surface area contributed by atoms with Crippen LogP contribution in [-0.2, 0) is 4.79 Å². The number of aryl methyl sites for hydroxylation is 2. The van der Waals surface area contributed by atoms with Crippen LogP contribution in [0.2, 0.25) is 0 Å². The van der Waals surface area contributed by atoms with Crippen LogP contribution in [0.15, 0.2) is 22.7 Å². The fraction of sp³-hybridized carbons (Fsp3) is 0.286. The number of halogens is 1. The number of hydrogen-bond donors (Lipinski definition) is 1. The number of aliphatic carboxylic acids is 1. The quantitative estimate of drug-likeness (QED) is 0.939. The highest BCUT2D eigenvalue weighted by atomic mass is 79.9. The summed E-state index contributed by atoms with van der Waals surface area (Å²) in [6, 6.07) is 5.56. The Balaban J connectivity index is 2.63. The molecule has 1 heterocycles. The number of carboxylic acid groups (broad SMARTS) is 1. The van der Waals surface area contributed by atoms with Gasteiger partial charge in [-0.25, -0.2) is 9.78 Å². The molecule has 0 saturated carbocycles. The van der Waals surface area contributed by atoms with Gasteiger partial charge in [0, 0.05) is 15.6 Å². The molecule has 100 valence electrons. The SMILES string of the molecule is Cc1cc(C)c2c(Br)ccc(OC(C)C(=O)O)c2n1. The average Bonchev–Trinajstić information content (AvgIpc) is 2.31. The van der Waals surface area contributed by atoms with Crippen molar-refractivity contribution in [2.24, 2.45) is 0 Å². The van der Waals surface area contributed by atoms with E-state index in [9.17, 15) is 4.79 Å². The van der Waals surface area contributed by atoms with Crippen LogP contribution in [0.1, 0.15) is 18.2 Å². The minimum Gasteiger partial charge on any atom is -0.479 e. The second kappa shape index (κ2) is 5.17. The van der Waals surface area contributed by atoms with Crippen molar-refractivity contribution in [3.8, 4) is 5.75 Å². The molecule has 1 aromatic carbocycles. The molecule has 1 atom stereocenters. The van der Waals surface area contributed by atoms with E-state index in [2.05, 4.69) is 20.9 Å². The summed E-state index contributed by atoms with van der Waals surface area (Å²) < 4.78 is 6.39. The maximum absolute atomic E-state index is 10.9. The number of ether oxygens (including phenoxy) is 1. The fourth-order valence-electron chi connectivity index (χ4n) is 1.96. The van der Waals surface area contributed by atoms with Crippen molar-refractivity contribution < 1.29 is 14.6 Å². The van der Waals surface area contributed by atoms with E-state index in [1.54, 1.807) is 6.07 Å². The number of fused-ring (bicyclic) bond motifs is 1. The van der Waals surface area contributed by atoms with Gasteiger partial charge in [-0.3, -0.25) is 0 Å². The Kier molecular flexibility index (Phi) is 3.75. The van der Waals surface area contributed by atoms with Gasteiger partial charge in [-0.15, -0.1) is 0 Å². The molecule has 0 aliphatic rings. The monoisotopic (exact) mass is 323 g/mol. The average molecular weight is 324 g/mol. The third kappa shape index (κ3) is 2.71. The first-order valence-corrected chi connectivity index (χ1v) is 6.65. The highest BCUT2D eigenvalue weighted by Crippen LogP contribution is 2.33. The summed E-state index contributed by atoms with van der Waals surface area (Å²) in [7, 11) is 0. The van der Waals surface area contributed by atoms with Crippen molar-refractivity contribution in [3.63, 3.8) is 0 Å². The van der Waals surface area contributed by atoms with E-state index in [4.69, 9.17) is 9.84 Å². The van der Waals surface area contributed by atoms with Crippen LogP contribution < -0.4 is 4.74 Å². The summed E-state index contributed by atoms with van der Waals surface area (Å²) in [5.41, 5.74) is 2.62. The van der Waals surface area contributed by atoms with Crippen LogP contribution >= 0.6 is 15.9 Å². The minimum absolute atomic E-state index is 0.486. The molecule has 2 aromatic rings. The molecule has 0 fully saturated rings. The smallest absolute Gasteiger partial charge is 0.344 e. The molecular formula is C14H14BrNO3. The number of pyridine rings is 1. The van der Waals surface area contributed by atoms with Gasteiger partial charge in [0.1, 0.15) is 11.3 Å². The van der Waals surface area contributed by atoms with Crippen molar-refractivity contribution >= 4 is 32.8 Å². The first-order chi connectivity index (χ1) is 8.90. The topological polar surface area (TPSA) is 59.4 Å². The zero-order chi connectivity index (χ0) is 14.2. The largest absolute Gasteiger partial charge is 0.479 e. The van der Waals surface area contributed by atoms with Gasteiger partial charge in [-0.1, -0.05) is 15.9 Å². The van der Waals surface area contributed by atoms with E-state index in [1.807, 2.05) is 26.0 Å². The molecule has 1 N–H and O–H groups in total. The lowest BCUT2D eigenvalue weighted by Crippen LogP contribution is -2.23. The van der Waals surface area contributed by atoms with E-state index in [0.29, 0.717) is 11.3 Å². The first kappa shape index (κ1) is 13.8. The summed E-state index contributed by atoms with van der Waals surface area (Å²) in [5.74, 6) is -0.514. The highest BCUT2D eigenvalue weighted by molar-refractivity contribution is 9.10. The van der Waals surface area contributed by atoms with Crippen molar-refractivity contribution in [1.82, 2.24) is 4.98 Å². The Bertz CT molecular complexity index is 655. The Morgan fingerprint density at radius 1 is 1.42 bits per heavy atom.